The van der Waals surface area contributed by atoms with Gasteiger partial charge in [0.25, 0.3) is 0 Å². The van der Waals surface area contributed by atoms with E-state index >= 15 is 0 Å². The summed E-state index contributed by atoms with van der Waals surface area (Å²) < 4.78 is 14.0. The largest absolute Gasteiger partial charge is 0.391 e. The van der Waals surface area contributed by atoms with E-state index in [0.29, 0.717) is 3.92 Å². The molecule has 0 bridgehead atoms. The molecule has 0 aromatic rings. The maximum atomic E-state index is 6.86. The lowest BCUT2D eigenvalue weighted by molar-refractivity contribution is -0.112. The maximum Gasteiger partial charge on any atom is 0.195 e. The van der Waals surface area contributed by atoms with E-state index in [1.165, 1.54) is 77.0 Å². The molecule has 4 heteroatoms. The van der Waals surface area contributed by atoms with Crippen molar-refractivity contribution in [3.05, 3.63) is 12.2 Å². The van der Waals surface area contributed by atoms with E-state index < -0.39 is 8.32 Å². The van der Waals surface area contributed by atoms with Gasteiger partial charge in [0.05, 0.1) is 10.0 Å². The van der Waals surface area contributed by atoms with Crippen LogP contribution in [0.15, 0.2) is 12.2 Å². The molecule has 2 nitrogen and oxygen atoms in total. The summed E-state index contributed by atoms with van der Waals surface area (Å²) in [6.07, 6.45) is 21.3. The van der Waals surface area contributed by atoms with E-state index in [1.54, 1.807) is 0 Å². The highest BCUT2D eigenvalue weighted by atomic mass is 127. The average molecular weight is 567 g/mol. The van der Waals surface area contributed by atoms with Gasteiger partial charge < -0.3 is 9.16 Å². The number of unbranched alkanes of at least 4 members (excludes halogenated alkanes) is 9. The van der Waals surface area contributed by atoms with Crippen molar-refractivity contribution in [2.75, 3.05) is 0 Å². The quantitative estimate of drug-likeness (QED) is 0.0387. The van der Waals surface area contributed by atoms with Crippen LogP contribution in [-0.2, 0) is 9.16 Å². The molecule has 0 amide bonds. The van der Waals surface area contributed by atoms with Crippen LogP contribution in [0.1, 0.15) is 125 Å². The fourth-order valence-corrected chi connectivity index (χ4v) is 5.64. The summed E-state index contributed by atoms with van der Waals surface area (Å²) in [5.41, 5.74) is 0. The lowest BCUT2D eigenvalue weighted by atomic mass is 10.1. The Morgan fingerprint density at radius 3 is 1.77 bits per heavy atom. The van der Waals surface area contributed by atoms with Crippen LogP contribution in [0, 0.1) is 0 Å². The molecular formula is C27H55IO2Si. The van der Waals surface area contributed by atoms with Gasteiger partial charge in [0, 0.05) is 0 Å². The summed E-state index contributed by atoms with van der Waals surface area (Å²) in [7, 11) is -1.89. The van der Waals surface area contributed by atoms with Gasteiger partial charge in [-0.25, -0.2) is 0 Å². The monoisotopic (exact) mass is 566 g/mol. The van der Waals surface area contributed by atoms with Crippen molar-refractivity contribution >= 4 is 30.9 Å². The van der Waals surface area contributed by atoms with E-state index in [4.69, 9.17) is 9.16 Å². The van der Waals surface area contributed by atoms with Crippen LogP contribution >= 0.6 is 22.6 Å². The van der Waals surface area contributed by atoms with E-state index in [-0.39, 0.29) is 17.4 Å². The third-order valence-corrected chi connectivity index (χ3v) is 12.3. The number of ether oxygens (including phenoxy) is 1. The standard InChI is InChI=1S/C27H55IO2Si/c1-9-12-14-16-18-20-23-25(28)26(30-31(7,8)27(4,5)6)29-24(21-11-3)22-19-17-15-13-10-2/h11,21,24-26H,9-10,12-20,22-23H2,1-8H3/b21-11+. The average Bonchev–Trinajstić information content (AvgIpc) is 2.68. The van der Waals surface area contributed by atoms with Crippen molar-refractivity contribution in [3.63, 3.8) is 0 Å². The third kappa shape index (κ3) is 15.2. The fraction of sp³-hybridized carbons (Fsp3) is 0.926. The first-order chi connectivity index (χ1) is 14.6. The molecule has 186 valence electrons. The zero-order valence-corrected chi connectivity index (χ0v) is 25.4. The molecule has 0 saturated carbocycles. The summed E-state index contributed by atoms with van der Waals surface area (Å²) in [6.45, 7) is 18.3. The number of allylic oxidation sites excluding steroid dienone is 1. The van der Waals surface area contributed by atoms with Crippen molar-refractivity contribution < 1.29 is 9.16 Å². The van der Waals surface area contributed by atoms with Crippen LogP contribution in [0.25, 0.3) is 0 Å². The third-order valence-electron chi connectivity index (χ3n) is 6.65. The zero-order chi connectivity index (χ0) is 23.8. The molecule has 0 rings (SSSR count). The molecule has 3 unspecified atom stereocenters. The normalized spacial score (nSPS) is 16.0. The Morgan fingerprint density at radius 2 is 1.29 bits per heavy atom. The van der Waals surface area contributed by atoms with Crippen LogP contribution < -0.4 is 0 Å². The molecule has 0 aromatic carbocycles. The first-order valence-electron chi connectivity index (χ1n) is 13.2. The first kappa shape index (κ1) is 31.6. The van der Waals surface area contributed by atoms with Gasteiger partial charge in [-0.2, -0.15) is 0 Å². The molecule has 31 heavy (non-hydrogen) atoms. The highest BCUT2D eigenvalue weighted by Crippen LogP contribution is 2.39. The Bertz CT molecular complexity index is 445. The van der Waals surface area contributed by atoms with Gasteiger partial charge in [0.2, 0.25) is 0 Å². The highest BCUT2D eigenvalue weighted by molar-refractivity contribution is 14.1. The first-order valence-corrected chi connectivity index (χ1v) is 17.3. The Balaban J connectivity index is 5.00. The second-order valence-electron chi connectivity index (χ2n) is 10.7. The van der Waals surface area contributed by atoms with Crippen molar-refractivity contribution in [2.24, 2.45) is 0 Å². The van der Waals surface area contributed by atoms with Crippen molar-refractivity contribution in [1.29, 1.82) is 0 Å². The SMILES string of the molecule is C/C=C/C(CCCCCCC)OC(O[Si](C)(C)C(C)(C)C)C(I)CCCCCCCC. The fourth-order valence-electron chi connectivity index (χ4n) is 3.46. The lowest BCUT2D eigenvalue weighted by Gasteiger charge is -2.41. The van der Waals surface area contributed by atoms with Crippen LogP contribution in [0.5, 0.6) is 0 Å². The van der Waals surface area contributed by atoms with Gasteiger partial charge in [0.15, 0.2) is 14.6 Å². The molecule has 0 heterocycles. The summed E-state index contributed by atoms with van der Waals surface area (Å²) in [5.74, 6) is 0. The molecular weight excluding hydrogens is 511 g/mol. The van der Waals surface area contributed by atoms with E-state index in [2.05, 4.69) is 89.4 Å². The molecule has 0 fully saturated rings. The van der Waals surface area contributed by atoms with Gasteiger partial charge in [0.1, 0.15) is 0 Å². The lowest BCUT2D eigenvalue weighted by Crippen LogP contribution is -2.47. The summed E-state index contributed by atoms with van der Waals surface area (Å²) >= 11 is 2.61. The second-order valence-corrected chi connectivity index (χ2v) is 17.1. The van der Waals surface area contributed by atoms with Gasteiger partial charge in [-0.05, 0) is 37.9 Å². The predicted molar refractivity (Wildman–Crippen MR) is 151 cm³/mol. The number of hydrogen-bond donors (Lipinski definition) is 0. The van der Waals surface area contributed by atoms with Crippen molar-refractivity contribution in [3.8, 4) is 0 Å². The van der Waals surface area contributed by atoms with Crippen molar-refractivity contribution in [1.82, 2.24) is 0 Å². The van der Waals surface area contributed by atoms with Crippen LogP contribution in [0.4, 0.5) is 0 Å². The van der Waals surface area contributed by atoms with E-state index in [1.807, 2.05) is 0 Å². The molecule has 0 aromatic heterocycles. The Kier molecular flexibility index (Phi) is 18.4. The summed E-state index contributed by atoms with van der Waals surface area (Å²) in [5, 5.41) is 0.196. The number of rotatable bonds is 19. The second kappa shape index (κ2) is 18.0. The molecule has 0 spiro atoms. The maximum absolute atomic E-state index is 6.86. The number of halogens is 1. The molecule has 0 aliphatic carbocycles. The van der Waals surface area contributed by atoms with Crippen molar-refractivity contribution in [2.45, 2.75) is 159 Å². The van der Waals surface area contributed by atoms with Gasteiger partial charge in [-0.3, -0.25) is 0 Å². The minimum Gasteiger partial charge on any atom is -0.391 e. The Labute approximate surface area is 211 Å². The van der Waals surface area contributed by atoms with E-state index in [0.717, 1.165) is 6.42 Å². The highest BCUT2D eigenvalue weighted by Gasteiger charge is 2.41. The Morgan fingerprint density at radius 1 is 0.806 bits per heavy atom. The smallest absolute Gasteiger partial charge is 0.195 e. The molecule has 0 aliphatic heterocycles. The predicted octanol–water partition coefficient (Wildman–Crippen LogP) is 10.2. The van der Waals surface area contributed by atoms with Crippen LogP contribution in [-0.4, -0.2) is 24.6 Å². The molecule has 0 radical (unpaired) electrons. The number of hydrogen-bond acceptors (Lipinski definition) is 2. The molecule has 0 saturated heterocycles. The van der Waals surface area contributed by atoms with Crippen LogP contribution in [0.3, 0.4) is 0 Å². The minimum absolute atomic E-state index is 0.103. The molecule has 0 N–H and O–H groups in total. The van der Waals surface area contributed by atoms with Gasteiger partial charge in [-0.1, -0.05) is 140 Å². The van der Waals surface area contributed by atoms with Gasteiger partial charge >= 0.3 is 0 Å². The van der Waals surface area contributed by atoms with Gasteiger partial charge in [-0.15, -0.1) is 0 Å². The van der Waals surface area contributed by atoms with Crippen LogP contribution in [0.2, 0.25) is 18.1 Å². The minimum atomic E-state index is -1.89. The van der Waals surface area contributed by atoms with E-state index in [9.17, 15) is 0 Å². The molecule has 0 aliphatic rings. The number of alkyl halides is 1. The zero-order valence-electron chi connectivity index (χ0n) is 22.3. The Hall–Kier alpha value is 0.607. The molecule has 3 atom stereocenters. The summed E-state index contributed by atoms with van der Waals surface area (Å²) in [4.78, 5) is 0. The summed E-state index contributed by atoms with van der Waals surface area (Å²) in [6, 6.07) is 0. The topological polar surface area (TPSA) is 18.5 Å².